The minimum Gasteiger partial charge on any atom is -0.457 e. The molecule has 0 fully saturated rings. The summed E-state index contributed by atoms with van der Waals surface area (Å²) >= 11 is 0. The van der Waals surface area contributed by atoms with E-state index in [-0.39, 0.29) is 0 Å². The normalized spacial score (nSPS) is 10.8. The summed E-state index contributed by atoms with van der Waals surface area (Å²) in [5.41, 5.74) is 6.72. The number of benzene rings is 2. The zero-order chi connectivity index (χ0) is 16.3. The van der Waals surface area contributed by atoms with E-state index >= 15 is 0 Å². The van der Waals surface area contributed by atoms with Crippen LogP contribution in [0, 0.1) is 12.3 Å². The molecule has 2 aromatic rings. The number of ether oxygens (including phenoxy) is 1. The summed E-state index contributed by atoms with van der Waals surface area (Å²) in [6.07, 6.45) is 7.89. The monoisotopic (exact) mass is 307 g/mol. The summed E-state index contributed by atoms with van der Waals surface area (Å²) in [5.74, 6) is 4.53. The number of nitrogens with zero attached hydrogens (tertiary/aromatic N) is 1. The highest BCUT2D eigenvalue weighted by Crippen LogP contribution is 2.23. The van der Waals surface area contributed by atoms with E-state index < -0.39 is 0 Å². The van der Waals surface area contributed by atoms with E-state index in [4.69, 9.17) is 16.9 Å². The molecule has 3 N–H and O–H groups in total. The number of para-hydroxylation sites is 1. The van der Waals surface area contributed by atoms with E-state index in [1.807, 2.05) is 54.6 Å². The second-order valence-electron chi connectivity index (χ2n) is 5.00. The lowest BCUT2D eigenvalue weighted by Gasteiger charge is -2.09. The molecule has 0 aromatic heterocycles. The predicted octanol–water partition coefficient (Wildman–Crippen LogP) is 4.01. The number of rotatable bonds is 7. The van der Waals surface area contributed by atoms with Crippen LogP contribution in [-0.2, 0) is 0 Å². The fraction of sp³-hybridized carbons (Fsp3) is 0.211. The number of guanidine groups is 1. The van der Waals surface area contributed by atoms with Crippen LogP contribution in [0.4, 0.5) is 5.69 Å². The molecular weight excluding hydrogens is 286 g/mol. The van der Waals surface area contributed by atoms with Gasteiger partial charge in [0.15, 0.2) is 5.96 Å². The Bertz CT molecular complexity index is 675. The molecule has 0 saturated carbocycles. The fourth-order valence-electron chi connectivity index (χ4n) is 1.99. The second kappa shape index (κ2) is 9.16. The lowest BCUT2D eigenvalue weighted by molar-refractivity contribution is 0.483. The largest absolute Gasteiger partial charge is 0.457 e. The van der Waals surface area contributed by atoms with Crippen molar-refractivity contribution < 1.29 is 4.74 Å². The third-order valence-corrected chi connectivity index (χ3v) is 3.10. The smallest absolute Gasteiger partial charge is 0.193 e. The number of hydrogen-bond acceptors (Lipinski definition) is 2. The molecule has 0 amide bonds. The molecule has 2 rings (SSSR count). The second-order valence-corrected chi connectivity index (χ2v) is 5.00. The van der Waals surface area contributed by atoms with E-state index in [1.54, 1.807) is 0 Å². The van der Waals surface area contributed by atoms with Crippen molar-refractivity contribution in [2.24, 2.45) is 10.7 Å². The Morgan fingerprint density at radius 3 is 2.65 bits per heavy atom. The van der Waals surface area contributed by atoms with Crippen molar-refractivity contribution in [2.45, 2.75) is 19.3 Å². The zero-order valence-corrected chi connectivity index (χ0v) is 13.0. The summed E-state index contributed by atoms with van der Waals surface area (Å²) in [6.45, 7) is 0.667. The van der Waals surface area contributed by atoms with Crippen LogP contribution >= 0.6 is 0 Å². The summed E-state index contributed by atoms with van der Waals surface area (Å²) in [6, 6.07) is 17.2. The molecule has 2 aromatic carbocycles. The number of hydrogen-bond donors (Lipinski definition) is 2. The number of terminal acetylenes is 1. The predicted molar refractivity (Wildman–Crippen MR) is 95.8 cm³/mol. The van der Waals surface area contributed by atoms with E-state index in [0.717, 1.165) is 36.4 Å². The van der Waals surface area contributed by atoms with Crippen LogP contribution in [0.1, 0.15) is 19.3 Å². The molecule has 0 bridgehead atoms. The van der Waals surface area contributed by atoms with Crippen molar-refractivity contribution in [3.05, 3.63) is 54.6 Å². The van der Waals surface area contributed by atoms with E-state index in [2.05, 4.69) is 16.2 Å². The van der Waals surface area contributed by atoms with Gasteiger partial charge in [0.25, 0.3) is 0 Å². The van der Waals surface area contributed by atoms with Crippen molar-refractivity contribution in [3.8, 4) is 23.8 Å². The summed E-state index contributed by atoms with van der Waals surface area (Å²) in [5, 5.41) is 3.07. The number of nitrogens with two attached hydrogens (primary N) is 1. The van der Waals surface area contributed by atoms with E-state index in [1.165, 1.54) is 0 Å². The van der Waals surface area contributed by atoms with Crippen LogP contribution in [0.3, 0.4) is 0 Å². The first-order valence-electron chi connectivity index (χ1n) is 7.61. The van der Waals surface area contributed by atoms with Gasteiger partial charge in [-0.05, 0) is 37.1 Å². The molecule has 23 heavy (non-hydrogen) atoms. The Morgan fingerprint density at radius 1 is 1.09 bits per heavy atom. The van der Waals surface area contributed by atoms with Gasteiger partial charge in [-0.3, -0.25) is 4.99 Å². The van der Waals surface area contributed by atoms with Gasteiger partial charge in [-0.2, -0.15) is 0 Å². The van der Waals surface area contributed by atoms with Gasteiger partial charge in [0.05, 0.1) is 0 Å². The maximum Gasteiger partial charge on any atom is 0.193 e. The van der Waals surface area contributed by atoms with Gasteiger partial charge < -0.3 is 15.8 Å². The fourth-order valence-corrected chi connectivity index (χ4v) is 1.99. The maximum absolute atomic E-state index is 5.88. The van der Waals surface area contributed by atoms with Gasteiger partial charge >= 0.3 is 0 Å². The Hall–Kier alpha value is -2.93. The maximum atomic E-state index is 5.88. The number of unbranched alkanes of at least 4 members (excludes halogenated alkanes) is 2. The Labute approximate surface area is 137 Å². The molecule has 118 valence electrons. The highest BCUT2D eigenvalue weighted by molar-refractivity contribution is 5.92. The summed E-state index contributed by atoms with van der Waals surface area (Å²) < 4.78 is 5.79. The molecule has 0 spiro atoms. The van der Waals surface area contributed by atoms with Crippen LogP contribution in [0.2, 0.25) is 0 Å². The number of nitrogens with one attached hydrogen (secondary N) is 1. The Morgan fingerprint density at radius 2 is 1.87 bits per heavy atom. The molecule has 4 heteroatoms. The van der Waals surface area contributed by atoms with E-state index in [9.17, 15) is 0 Å². The van der Waals surface area contributed by atoms with Crippen LogP contribution < -0.4 is 15.8 Å². The van der Waals surface area contributed by atoms with Crippen molar-refractivity contribution in [3.63, 3.8) is 0 Å². The van der Waals surface area contributed by atoms with Gasteiger partial charge in [-0.25, -0.2) is 0 Å². The van der Waals surface area contributed by atoms with Crippen molar-refractivity contribution >= 4 is 11.6 Å². The van der Waals surface area contributed by atoms with E-state index in [0.29, 0.717) is 12.5 Å². The molecule has 0 aliphatic carbocycles. The lowest BCUT2D eigenvalue weighted by atomic mass is 10.2. The third-order valence-electron chi connectivity index (χ3n) is 3.10. The highest BCUT2D eigenvalue weighted by Gasteiger charge is 2.00. The topological polar surface area (TPSA) is 59.6 Å². The average Bonchev–Trinajstić information content (AvgIpc) is 2.56. The van der Waals surface area contributed by atoms with Gasteiger partial charge in [0, 0.05) is 24.7 Å². The number of anilines is 1. The van der Waals surface area contributed by atoms with Crippen molar-refractivity contribution in [1.29, 1.82) is 0 Å². The molecule has 0 unspecified atom stereocenters. The summed E-state index contributed by atoms with van der Waals surface area (Å²) in [4.78, 5) is 4.28. The van der Waals surface area contributed by atoms with Crippen LogP contribution in [-0.4, -0.2) is 12.5 Å². The SMILES string of the molecule is C#CCCCCN=C(N)Nc1cccc(Oc2ccccc2)c1. The molecule has 0 saturated heterocycles. The van der Waals surface area contributed by atoms with Gasteiger partial charge in [-0.15, -0.1) is 12.3 Å². The van der Waals surface area contributed by atoms with Gasteiger partial charge in [0.1, 0.15) is 11.5 Å². The standard InChI is InChI=1S/C19H21N3O/c1-2-3-4-8-14-21-19(20)22-16-10-9-13-18(15-16)23-17-11-6-5-7-12-17/h1,5-7,9-13,15H,3-4,8,14H2,(H3,20,21,22). The first-order chi connectivity index (χ1) is 11.3. The minimum absolute atomic E-state index is 0.391. The van der Waals surface area contributed by atoms with Crippen LogP contribution in [0.15, 0.2) is 59.6 Å². The van der Waals surface area contributed by atoms with Gasteiger partial charge in [0.2, 0.25) is 0 Å². The van der Waals surface area contributed by atoms with Crippen LogP contribution in [0.25, 0.3) is 0 Å². The van der Waals surface area contributed by atoms with Crippen molar-refractivity contribution in [1.82, 2.24) is 0 Å². The molecule has 0 atom stereocenters. The van der Waals surface area contributed by atoms with Gasteiger partial charge in [-0.1, -0.05) is 24.3 Å². The minimum atomic E-state index is 0.391. The molecule has 4 nitrogen and oxygen atoms in total. The first-order valence-corrected chi connectivity index (χ1v) is 7.61. The van der Waals surface area contributed by atoms with Crippen LogP contribution in [0.5, 0.6) is 11.5 Å². The highest BCUT2D eigenvalue weighted by atomic mass is 16.5. The Balaban J connectivity index is 1.89. The molecule has 0 heterocycles. The quantitative estimate of drug-likeness (QED) is 0.352. The third kappa shape index (κ3) is 6.15. The first kappa shape index (κ1) is 16.4. The van der Waals surface area contributed by atoms with Crippen molar-refractivity contribution in [2.75, 3.05) is 11.9 Å². The molecule has 0 aliphatic rings. The Kier molecular flexibility index (Phi) is 6.55. The molecular formula is C19H21N3O. The zero-order valence-electron chi connectivity index (χ0n) is 13.0. The average molecular weight is 307 g/mol. The molecule has 0 radical (unpaired) electrons. The number of aliphatic imine (C=N–C) groups is 1. The lowest BCUT2D eigenvalue weighted by Crippen LogP contribution is -2.22. The molecule has 0 aliphatic heterocycles. The summed E-state index contributed by atoms with van der Waals surface area (Å²) in [7, 11) is 0.